The highest BCUT2D eigenvalue weighted by atomic mass is 16.5. The summed E-state index contributed by atoms with van der Waals surface area (Å²) in [4.78, 5) is 21.2. The van der Waals surface area contributed by atoms with Crippen LogP contribution in [0.1, 0.15) is 12.8 Å². The van der Waals surface area contributed by atoms with Crippen LogP contribution >= 0.6 is 0 Å². The average Bonchev–Trinajstić information content (AvgIpc) is 3.09. The van der Waals surface area contributed by atoms with E-state index in [4.69, 9.17) is 9.47 Å². The van der Waals surface area contributed by atoms with Gasteiger partial charge in [0.15, 0.2) is 17.5 Å². The molecule has 1 saturated heterocycles. The number of anilines is 2. The van der Waals surface area contributed by atoms with Gasteiger partial charge in [-0.05, 0) is 24.3 Å². The van der Waals surface area contributed by atoms with E-state index in [0.29, 0.717) is 32.1 Å². The molecule has 2 heterocycles. The summed E-state index contributed by atoms with van der Waals surface area (Å²) in [6.07, 6.45) is 1.29. The van der Waals surface area contributed by atoms with Crippen molar-refractivity contribution in [3.8, 4) is 11.5 Å². The minimum absolute atomic E-state index is 0.163. The lowest BCUT2D eigenvalue weighted by atomic mass is 10.2. The van der Waals surface area contributed by atoms with Crippen LogP contribution < -0.4 is 25.0 Å². The zero-order valence-electron chi connectivity index (χ0n) is 18.5. The second-order valence-electron chi connectivity index (χ2n) is 7.79. The molecule has 8 nitrogen and oxygen atoms in total. The van der Waals surface area contributed by atoms with Crippen molar-refractivity contribution in [2.45, 2.75) is 12.8 Å². The molecular formula is C24H31N5O3. The standard InChI is InChI=1S/C24H31N5O3/c1-25-24(27-19-8-9-21-22(18-19)32-17-5-16-31-21)26-11-10-23(30)29-14-12-28(13-15-29)20-6-3-2-4-7-20/h2-4,6-9,18H,5,10-17H2,1H3,(H2,25,26,27). The minimum atomic E-state index is 0.163. The van der Waals surface area contributed by atoms with Gasteiger partial charge in [-0.3, -0.25) is 9.79 Å². The van der Waals surface area contributed by atoms with Crippen LogP contribution in [-0.4, -0.2) is 69.8 Å². The molecule has 0 saturated carbocycles. The molecule has 2 aliphatic heterocycles. The molecule has 2 aromatic rings. The Morgan fingerprint density at radius 3 is 2.50 bits per heavy atom. The van der Waals surface area contributed by atoms with Gasteiger partial charge >= 0.3 is 0 Å². The number of amides is 1. The number of nitrogens with one attached hydrogen (secondary N) is 2. The van der Waals surface area contributed by atoms with Gasteiger partial charge in [-0.15, -0.1) is 0 Å². The molecule has 0 unspecified atom stereocenters. The molecule has 2 N–H and O–H groups in total. The minimum Gasteiger partial charge on any atom is -0.490 e. The second kappa shape index (κ2) is 10.7. The normalized spacial score (nSPS) is 16.3. The van der Waals surface area contributed by atoms with Crippen LogP contribution in [0.15, 0.2) is 53.5 Å². The highest BCUT2D eigenvalue weighted by Gasteiger charge is 2.21. The van der Waals surface area contributed by atoms with Crippen molar-refractivity contribution >= 4 is 23.2 Å². The first kappa shape index (κ1) is 21.8. The Morgan fingerprint density at radius 2 is 1.75 bits per heavy atom. The molecule has 8 heteroatoms. The fourth-order valence-corrected chi connectivity index (χ4v) is 3.86. The maximum atomic E-state index is 12.6. The first-order valence-corrected chi connectivity index (χ1v) is 11.2. The van der Waals surface area contributed by atoms with Gasteiger partial charge in [-0.25, -0.2) is 0 Å². The van der Waals surface area contributed by atoms with Gasteiger partial charge in [0.2, 0.25) is 5.91 Å². The average molecular weight is 438 g/mol. The summed E-state index contributed by atoms with van der Waals surface area (Å²) in [6.45, 7) is 5.04. The molecular weight excluding hydrogens is 406 g/mol. The van der Waals surface area contributed by atoms with Gasteiger partial charge in [-0.1, -0.05) is 18.2 Å². The predicted octanol–water partition coefficient (Wildman–Crippen LogP) is 2.57. The number of hydrogen-bond donors (Lipinski definition) is 2. The van der Waals surface area contributed by atoms with Crippen LogP contribution in [-0.2, 0) is 4.79 Å². The highest BCUT2D eigenvalue weighted by molar-refractivity contribution is 5.94. The van der Waals surface area contributed by atoms with Crippen molar-refractivity contribution in [2.75, 3.05) is 63.2 Å². The summed E-state index contributed by atoms with van der Waals surface area (Å²) in [6, 6.07) is 16.1. The van der Waals surface area contributed by atoms with Gasteiger partial charge < -0.3 is 29.9 Å². The molecule has 0 aromatic heterocycles. The number of benzene rings is 2. The molecule has 0 bridgehead atoms. The third-order valence-electron chi connectivity index (χ3n) is 5.62. The topological polar surface area (TPSA) is 78.4 Å². The molecule has 0 atom stereocenters. The third-order valence-corrected chi connectivity index (χ3v) is 5.62. The summed E-state index contributed by atoms with van der Waals surface area (Å²) in [5.74, 6) is 2.26. The highest BCUT2D eigenvalue weighted by Crippen LogP contribution is 2.32. The number of carbonyl (C=O) groups is 1. The number of para-hydroxylation sites is 1. The quantitative estimate of drug-likeness (QED) is 0.553. The fourth-order valence-electron chi connectivity index (χ4n) is 3.86. The first-order valence-electron chi connectivity index (χ1n) is 11.2. The van der Waals surface area contributed by atoms with Crippen molar-refractivity contribution < 1.29 is 14.3 Å². The Morgan fingerprint density at radius 1 is 1.00 bits per heavy atom. The summed E-state index contributed by atoms with van der Waals surface area (Å²) >= 11 is 0. The number of nitrogens with zero attached hydrogens (tertiary/aromatic N) is 3. The van der Waals surface area contributed by atoms with E-state index in [1.807, 2.05) is 41.3 Å². The number of hydrogen-bond acceptors (Lipinski definition) is 5. The number of fused-ring (bicyclic) bond motifs is 1. The van der Waals surface area contributed by atoms with Gasteiger partial charge in [0.25, 0.3) is 0 Å². The Labute approximate surface area is 189 Å². The SMILES string of the molecule is CN=C(NCCC(=O)N1CCN(c2ccccc2)CC1)Nc1ccc2c(c1)OCCCO2. The molecule has 4 rings (SSSR count). The maximum absolute atomic E-state index is 12.6. The van der Waals surface area contributed by atoms with Crippen molar-refractivity contribution in [3.05, 3.63) is 48.5 Å². The van der Waals surface area contributed by atoms with Crippen LogP contribution in [0.2, 0.25) is 0 Å². The Kier molecular flexibility index (Phi) is 7.32. The summed E-state index contributed by atoms with van der Waals surface area (Å²) in [5, 5.41) is 6.47. The second-order valence-corrected chi connectivity index (χ2v) is 7.79. The molecule has 1 fully saturated rings. The largest absolute Gasteiger partial charge is 0.490 e. The number of guanidine groups is 1. The number of piperazine rings is 1. The number of ether oxygens (including phenoxy) is 2. The van der Waals surface area contributed by atoms with E-state index in [1.54, 1.807) is 7.05 Å². The van der Waals surface area contributed by atoms with E-state index < -0.39 is 0 Å². The maximum Gasteiger partial charge on any atom is 0.224 e. The van der Waals surface area contributed by atoms with Crippen LogP contribution in [0, 0.1) is 0 Å². The predicted molar refractivity (Wildman–Crippen MR) is 127 cm³/mol. The van der Waals surface area contributed by atoms with E-state index in [1.165, 1.54) is 5.69 Å². The molecule has 2 aliphatic rings. The first-order chi connectivity index (χ1) is 15.7. The molecule has 32 heavy (non-hydrogen) atoms. The Bertz CT molecular complexity index is 926. The zero-order valence-corrected chi connectivity index (χ0v) is 18.5. The van der Waals surface area contributed by atoms with E-state index in [-0.39, 0.29) is 5.91 Å². The van der Waals surface area contributed by atoms with Crippen LogP contribution in [0.25, 0.3) is 0 Å². The van der Waals surface area contributed by atoms with Crippen molar-refractivity contribution in [1.82, 2.24) is 10.2 Å². The molecule has 2 aromatic carbocycles. The fraction of sp³-hybridized carbons (Fsp3) is 0.417. The molecule has 0 radical (unpaired) electrons. The van der Waals surface area contributed by atoms with Gasteiger partial charge in [-0.2, -0.15) is 0 Å². The number of carbonyl (C=O) groups excluding carboxylic acids is 1. The van der Waals surface area contributed by atoms with Crippen molar-refractivity contribution in [1.29, 1.82) is 0 Å². The van der Waals surface area contributed by atoms with Crippen LogP contribution in [0.5, 0.6) is 11.5 Å². The van der Waals surface area contributed by atoms with Gasteiger partial charge in [0, 0.05) is 70.1 Å². The smallest absolute Gasteiger partial charge is 0.224 e. The van der Waals surface area contributed by atoms with Gasteiger partial charge in [0.1, 0.15) is 0 Å². The lowest BCUT2D eigenvalue weighted by molar-refractivity contribution is -0.131. The zero-order chi connectivity index (χ0) is 22.2. The Hall–Kier alpha value is -3.42. The Balaban J connectivity index is 1.21. The van der Waals surface area contributed by atoms with E-state index in [0.717, 1.165) is 49.8 Å². The summed E-state index contributed by atoms with van der Waals surface area (Å²) in [7, 11) is 1.71. The lowest BCUT2D eigenvalue weighted by Crippen LogP contribution is -2.49. The van der Waals surface area contributed by atoms with Crippen molar-refractivity contribution in [3.63, 3.8) is 0 Å². The number of rotatable bonds is 5. The molecule has 1 amide bonds. The number of aliphatic imine (C=N–C) groups is 1. The van der Waals surface area contributed by atoms with E-state index in [9.17, 15) is 4.79 Å². The molecule has 170 valence electrons. The monoisotopic (exact) mass is 437 g/mol. The molecule has 0 spiro atoms. The summed E-state index contributed by atoms with van der Waals surface area (Å²) < 4.78 is 11.4. The van der Waals surface area contributed by atoms with E-state index in [2.05, 4.69) is 32.7 Å². The summed E-state index contributed by atoms with van der Waals surface area (Å²) in [5.41, 5.74) is 2.07. The van der Waals surface area contributed by atoms with Crippen molar-refractivity contribution in [2.24, 2.45) is 4.99 Å². The van der Waals surface area contributed by atoms with E-state index >= 15 is 0 Å². The third kappa shape index (κ3) is 5.63. The van der Waals surface area contributed by atoms with Crippen LogP contribution in [0.3, 0.4) is 0 Å². The van der Waals surface area contributed by atoms with Crippen LogP contribution in [0.4, 0.5) is 11.4 Å². The lowest BCUT2D eigenvalue weighted by Gasteiger charge is -2.36. The molecule has 0 aliphatic carbocycles. The van der Waals surface area contributed by atoms with Gasteiger partial charge in [0.05, 0.1) is 13.2 Å².